The van der Waals surface area contributed by atoms with E-state index in [1.807, 2.05) is 26.0 Å². The Labute approximate surface area is 114 Å². The fraction of sp³-hybridized carbons (Fsp3) is 0.533. The molecule has 2 rings (SSSR count). The molecule has 1 N–H and O–H groups in total. The molecule has 0 radical (unpaired) electrons. The molecule has 1 aromatic carbocycles. The molecule has 1 fully saturated rings. The van der Waals surface area contributed by atoms with Gasteiger partial charge in [-0.15, -0.1) is 0 Å². The summed E-state index contributed by atoms with van der Waals surface area (Å²) in [4.78, 5) is 2.17. The molecule has 1 saturated heterocycles. The van der Waals surface area contributed by atoms with Gasteiger partial charge in [0.1, 0.15) is 11.8 Å². The Bertz CT molecular complexity index is 509. The van der Waals surface area contributed by atoms with Gasteiger partial charge in [0.2, 0.25) is 0 Å². The molecular weight excluding hydrogens is 240 g/mol. The predicted molar refractivity (Wildman–Crippen MR) is 74.4 cm³/mol. The average molecular weight is 260 g/mol. The Morgan fingerprint density at radius 3 is 2.84 bits per heavy atom. The van der Waals surface area contributed by atoms with Crippen molar-refractivity contribution in [3.63, 3.8) is 0 Å². The number of methoxy groups -OCH3 is 1. The highest BCUT2D eigenvalue weighted by Gasteiger charge is 2.41. The zero-order chi connectivity index (χ0) is 14.0. The minimum atomic E-state index is -0.624. The second-order valence-corrected chi connectivity index (χ2v) is 5.07. The summed E-state index contributed by atoms with van der Waals surface area (Å²) in [5, 5.41) is 19.5. The van der Waals surface area contributed by atoms with Crippen LogP contribution in [0, 0.1) is 11.3 Å². The third-order valence-electron chi connectivity index (χ3n) is 4.28. The lowest BCUT2D eigenvalue weighted by molar-refractivity contribution is 0.0329. The van der Waals surface area contributed by atoms with Gasteiger partial charge in [0.05, 0.1) is 24.3 Å². The van der Waals surface area contributed by atoms with E-state index in [1.54, 1.807) is 13.2 Å². The van der Waals surface area contributed by atoms with Gasteiger partial charge in [-0.2, -0.15) is 5.26 Å². The second kappa shape index (κ2) is 5.10. The van der Waals surface area contributed by atoms with Crippen LogP contribution in [0.3, 0.4) is 0 Å². The van der Waals surface area contributed by atoms with E-state index in [1.165, 1.54) is 0 Å². The van der Waals surface area contributed by atoms with E-state index in [0.717, 1.165) is 25.1 Å². The predicted octanol–water partition coefficient (Wildman–Crippen LogP) is 2.31. The summed E-state index contributed by atoms with van der Waals surface area (Å²) < 4.78 is 5.24. The summed E-state index contributed by atoms with van der Waals surface area (Å²) in [5.41, 5.74) is 0.901. The molecule has 4 heteroatoms. The Balaban J connectivity index is 2.32. The van der Waals surface area contributed by atoms with E-state index in [9.17, 15) is 5.11 Å². The van der Waals surface area contributed by atoms with E-state index in [4.69, 9.17) is 10.00 Å². The van der Waals surface area contributed by atoms with Crippen molar-refractivity contribution < 1.29 is 9.84 Å². The minimum Gasteiger partial charge on any atom is -0.495 e. The van der Waals surface area contributed by atoms with Crippen LogP contribution in [0.1, 0.15) is 32.3 Å². The molecule has 0 aromatic heterocycles. The molecule has 102 valence electrons. The van der Waals surface area contributed by atoms with Crippen molar-refractivity contribution in [2.24, 2.45) is 0 Å². The van der Waals surface area contributed by atoms with Crippen LogP contribution in [0.15, 0.2) is 18.2 Å². The van der Waals surface area contributed by atoms with Gasteiger partial charge in [0.15, 0.2) is 0 Å². The Hall–Kier alpha value is -1.73. The molecule has 1 aromatic rings. The van der Waals surface area contributed by atoms with Crippen LogP contribution in [0.25, 0.3) is 0 Å². The van der Waals surface area contributed by atoms with Crippen LogP contribution in [0.4, 0.5) is 5.69 Å². The van der Waals surface area contributed by atoms with E-state index in [0.29, 0.717) is 11.3 Å². The lowest BCUT2D eigenvalue weighted by Gasteiger charge is -2.32. The Kier molecular flexibility index (Phi) is 3.68. The standard InChI is InChI=1S/C15H20N2O2/c1-4-15(18)7-8-17(11(15)2)13-6-5-12(10-16)14(9-13)19-3/h5-6,9,11,18H,4,7-8H2,1-3H3/t11-,15-/m0/s1. The number of hydrogen-bond acceptors (Lipinski definition) is 4. The zero-order valence-corrected chi connectivity index (χ0v) is 11.7. The molecule has 0 saturated carbocycles. The van der Waals surface area contributed by atoms with Crippen molar-refractivity contribution in [3.8, 4) is 11.8 Å². The van der Waals surface area contributed by atoms with Crippen molar-refractivity contribution in [2.45, 2.75) is 38.3 Å². The second-order valence-electron chi connectivity index (χ2n) is 5.07. The van der Waals surface area contributed by atoms with Crippen LogP contribution in [-0.2, 0) is 0 Å². The minimum absolute atomic E-state index is 0.0649. The van der Waals surface area contributed by atoms with Gasteiger partial charge in [-0.05, 0) is 31.9 Å². The smallest absolute Gasteiger partial charge is 0.138 e. The molecule has 4 nitrogen and oxygen atoms in total. The molecule has 0 spiro atoms. The van der Waals surface area contributed by atoms with Crippen molar-refractivity contribution in [1.29, 1.82) is 5.26 Å². The van der Waals surface area contributed by atoms with E-state index < -0.39 is 5.60 Å². The van der Waals surface area contributed by atoms with Crippen molar-refractivity contribution >= 4 is 5.69 Å². The number of ether oxygens (including phenoxy) is 1. The van der Waals surface area contributed by atoms with Crippen LogP contribution in [0.2, 0.25) is 0 Å². The maximum absolute atomic E-state index is 10.5. The molecule has 2 atom stereocenters. The summed E-state index contributed by atoms with van der Waals surface area (Å²) in [6, 6.07) is 7.73. The maximum Gasteiger partial charge on any atom is 0.138 e. The SMILES string of the molecule is CC[C@]1(O)CCN(c2ccc(C#N)c(OC)c2)[C@H]1C. The highest BCUT2D eigenvalue weighted by molar-refractivity contribution is 5.58. The Morgan fingerprint density at radius 2 is 2.32 bits per heavy atom. The summed E-state index contributed by atoms with van der Waals surface area (Å²) in [6.45, 7) is 4.88. The molecular formula is C15H20N2O2. The molecule has 0 bridgehead atoms. The van der Waals surface area contributed by atoms with Crippen molar-refractivity contribution in [3.05, 3.63) is 23.8 Å². The lowest BCUT2D eigenvalue weighted by Crippen LogP contribution is -2.42. The first-order valence-electron chi connectivity index (χ1n) is 6.63. The van der Waals surface area contributed by atoms with Gasteiger partial charge in [0, 0.05) is 18.3 Å². The third-order valence-corrected chi connectivity index (χ3v) is 4.28. The molecule has 1 aliphatic rings. The molecule has 19 heavy (non-hydrogen) atoms. The van der Waals surface area contributed by atoms with Crippen LogP contribution < -0.4 is 9.64 Å². The quantitative estimate of drug-likeness (QED) is 0.906. The monoisotopic (exact) mass is 260 g/mol. The zero-order valence-electron chi connectivity index (χ0n) is 11.7. The van der Waals surface area contributed by atoms with Gasteiger partial charge in [-0.25, -0.2) is 0 Å². The van der Waals surface area contributed by atoms with Crippen molar-refractivity contribution in [1.82, 2.24) is 0 Å². The first kappa shape index (κ1) is 13.7. The van der Waals surface area contributed by atoms with E-state index in [-0.39, 0.29) is 6.04 Å². The molecule has 1 aliphatic heterocycles. The summed E-state index contributed by atoms with van der Waals surface area (Å²) in [7, 11) is 1.57. The van der Waals surface area contributed by atoms with Gasteiger partial charge in [-0.3, -0.25) is 0 Å². The number of rotatable bonds is 3. The largest absolute Gasteiger partial charge is 0.495 e. The molecule has 0 amide bonds. The van der Waals surface area contributed by atoms with E-state index >= 15 is 0 Å². The summed E-state index contributed by atoms with van der Waals surface area (Å²) in [6.07, 6.45) is 1.52. The van der Waals surface area contributed by atoms with E-state index in [2.05, 4.69) is 11.0 Å². The van der Waals surface area contributed by atoms with Gasteiger partial charge in [-0.1, -0.05) is 6.92 Å². The normalized spacial score (nSPS) is 26.3. The number of benzene rings is 1. The summed E-state index contributed by atoms with van der Waals surface area (Å²) in [5.74, 6) is 0.583. The van der Waals surface area contributed by atoms with Crippen LogP contribution in [-0.4, -0.2) is 30.4 Å². The van der Waals surface area contributed by atoms with Crippen LogP contribution >= 0.6 is 0 Å². The number of anilines is 1. The Morgan fingerprint density at radius 1 is 1.58 bits per heavy atom. The fourth-order valence-electron chi connectivity index (χ4n) is 2.78. The number of hydrogen-bond donors (Lipinski definition) is 1. The third kappa shape index (κ3) is 2.26. The van der Waals surface area contributed by atoms with Gasteiger partial charge in [0.25, 0.3) is 0 Å². The van der Waals surface area contributed by atoms with Gasteiger partial charge >= 0.3 is 0 Å². The number of nitriles is 1. The molecule has 0 aliphatic carbocycles. The first-order chi connectivity index (χ1) is 9.05. The molecule has 0 unspecified atom stereocenters. The van der Waals surface area contributed by atoms with Crippen molar-refractivity contribution in [2.75, 3.05) is 18.6 Å². The number of nitrogens with zero attached hydrogens (tertiary/aromatic N) is 2. The van der Waals surface area contributed by atoms with Crippen LogP contribution in [0.5, 0.6) is 5.75 Å². The highest BCUT2D eigenvalue weighted by atomic mass is 16.5. The first-order valence-corrected chi connectivity index (χ1v) is 6.63. The summed E-state index contributed by atoms with van der Waals surface area (Å²) >= 11 is 0. The number of aliphatic hydroxyl groups is 1. The fourth-order valence-corrected chi connectivity index (χ4v) is 2.78. The van der Waals surface area contributed by atoms with Gasteiger partial charge < -0.3 is 14.7 Å². The maximum atomic E-state index is 10.5. The lowest BCUT2D eigenvalue weighted by atomic mass is 9.93. The average Bonchev–Trinajstić information content (AvgIpc) is 2.75. The molecule has 1 heterocycles. The topological polar surface area (TPSA) is 56.5 Å². The highest BCUT2D eigenvalue weighted by Crippen LogP contribution is 2.36.